The van der Waals surface area contributed by atoms with Crippen molar-refractivity contribution < 1.29 is 26.1 Å². The van der Waals surface area contributed by atoms with Crippen LogP contribution in [-0.2, 0) is 13.4 Å². The number of halogens is 1. The van der Waals surface area contributed by atoms with E-state index in [1.807, 2.05) is 18.2 Å². The summed E-state index contributed by atoms with van der Waals surface area (Å²) in [6.07, 6.45) is 3.51. The van der Waals surface area contributed by atoms with Gasteiger partial charge in [0.15, 0.2) is 0 Å². The van der Waals surface area contributed by atoms with Crippen molar-refractivity contribution in [3.63, 3.8) is 0 Å². The van der Waals surface area contributed by atoms with Crippen LogP contribution in [0.5, 0.6) is 0 Å². The fourth-order valence-corrected chi connectivity index (χ4v) is 24.9. The van der Waals surface area contributed by atoms with Crippen molar-refractivity contribution in [2.45, 2.75) is 20.3 Å². The van der Waals surface area contributed by atoms with E-state index in [9.17, 15) is 5.26 Å². The Labute approximate surface area is 220 Å². The van der Waals surface area contributed by atoms with Crippen molar-refractivity contribution in [3.05, 3.63) is 130 Å². The zero-order valence-corrected chi connectivity index (χ0v) is 22.5. The Kier molecular flexibility index (Phi) is 3.48. The molecule has 0 N–H and O–H groups in total. The Bertz CT molecular complexity index is 1910. The summed E-state index contributed by atoms with van der Waals surface area (Å²) in [5.41, 5.74) is 11.3. The molecular weight excluding hydrogens is 565 g/mol. The van der Waals surface area contributed by atoms with Gasteiger partial charge in [0.05, 0.1) is 0 Å². The Morgan fingerprint density at radius 3 is 2.46 bits per heavy atom. The summed E-state index contributed by atoms with van der Waals surface area (Å²) in [6.45, 7) is 2.58. The van der Waals surface area contributed by atoms with E-state index >= 15 is 0 Å². The standard InChI is InChI=1S/C33H23IN3/c1-32-28-13-5-4-12-26(28)31-15-8-10-24-20-33(32,37(24)31)34(32)29-17-16-22(25-11-3-2-9-23(25)21-35)19-27(29)30-14-6-7-18-36(30)34/h2-19H,20H2,1H3/q+1. The first-order valence-electron chi connectivity index (χ1n) is 12.7. The zero-order valence-electron chi connectivity index (χ0n) is 20.3. The molecule has 0 amide bonds. The van der Waals surface area contributed by atoms with E-state index in [1.165, 1.54) is 33.8 Å². The molecule has 3 unspecified atom stereocenters. The fraction of sp³-hybridized carbons (Fsp3) is 0.121. The number of pyridine rings is 2. The van der Waals surface area contributed by atoms with Crippen LogP contribution < -0.4 is 26.1 Å². The summed E-state index contributed by atoms with van der Waals surface area (Å²) >= 11 is -2.96. The van der Waals surface area contributed by atoms with Crippen LogP contribution in [-0.4, -0.2) is 0 Å². The number of alkyl halides is 2. The monoisotopic (exact) mass is 588 g/mol. The van der Waals surface area contributed by atoms with Gasteiger partial charge in [-0.3, -0.25) is 0 Å². The van der Waals surface area contributed by atoms with Gasteiger partial charge in [0.25, 0.3) is 0 Å². The van der Waals surface area contributed by atoms with Gasteiger partial charge in [-0.2, -0.15) is 0 Å². The second-order valence-electron chi connectivity index (χ2n) is 10.5. The number of hydrogen-bond acceptors (Lipinski definition) is 1. The van der Waals surface area contributed by atoms with E-state index in [4.69, 9.17) is 0 Å². The second-order valence-corrected chi connectivity index (χ2v) is 19.7. The van der Waals surface area contributed by atoms with Gasteiger partial charge >= 0.3 is 221 Å². The molecule has 0 radical (unpaired) electrons. The maximum atomic E-state index is 9.78. The van der Waals surface area contributed by atoms with E-state index in [2.05, 4.69) is 111 Å². The Morgan fingerprint density at radius 1 is 0.784 bits per heavy atom. The molecule has 6 heterocycles. The van der Waals surface area contributed by atoms with Crippen molar-refractivity contribution in [1.82, 2.24) is 0 Å². The third-order valence-electron chi connectivity index (χ3n) is 9.21. The molecule has 4 heteroatoms. The minimum atomic E-state index is -2.96. The molecule has 176 valence electrons. The number of hydrogen-bond donors (Lipinski definition) is 0. The van der Waals surface area contributed by atoms with Gasteiger partial charge in [0.2, 0.25) is 0 Å². The summed E-state index contributed by atoms with van der Waals surface area (Å²) in [5.74, 6) is 0. The van der Waals surface area contributed by atoms with Crippen molar-refractivity contribution >= 4 is 0 Å². The quantitative estimate of drug-likeness (QED) is 0.168. The SMILES string of the molecule is CC12c3ccccc3-c3cccc4[n+]3C1(C4)[I-]21c2ccc(-c3ccccc3C#N)cc2-c2cccc[n+]21. The van der Waals surface area contributed by atoms with Crippen LogP contribution >= 0.6 is 0 Å². The number of benzene rings is 3. The van der Waals surface area contributed by atoms with Crippen LogP contribution in [0.1, 0.15) is 23.7 Å². The summed E-state index contributed by atoms with van der Waals surface area (Å²) in [5, 5.41) is 9.78. The summed E-state index contributed by atoms with van der Waals surface area (Å²) < 4.78 is 7.30. The number of aromatic nitrogens is 2. The van der Waals surface area contributed by atoms with Gasteiger partial charge in [0, 0.05) is 0 Å². The molecule has 3 aromatic carbocycles. The Hall–Kier alpha value is -3.82. The zero-order chi connectivity index (χ0) is 24.6. The number of nitrogens with zero attached hydrogens (tertiary/aromatic N) is 3. The summed E-state index contributed by atoms with van der Waals surface area (Å²) in [7, 11) is 0. The van der Waals surface area contributed by atoms with Crippen LogP contribution in [0.2, 0.25) is 0 Å². The van der Waals surface area contributed by atoms with E-state index < -0.39 is 18.7 Å². The molecule has 9 rings (SSSR count). The summed E-state index contributed by atoms with van der Waals surface area (Å²) in [6, 6.07) is 40.2. The van der Waals surface area contributed by atoms with Crippen molar-refractivity contribution in [3.8, 4) is 39.7 Å². The van der Waals surface area contributed by atoms with Crippen LogP contribution in [0.3, 0.4) is 0 Å². The van der Waals surface area contributed by atoms with E-state index in [0.717, 1.165) is 23.1 Å². The average molecular weight is 588 g/mol. The number of fused-ring (bicyclic) bond motifs is 9. The van der Waals surface area contributed by atoms with Gasteiger partial charge < -0.3 is 0 Å². The molecule has 3 atom stereocenters. The van der Waals surface area contributed by atoms with Gasteiger partial charge in [-0.15, -0.1) is 0 Å². The molecule has 0 saturated carbocycles. The van der Waals surface area contributed by atoms with Crippen molar-refractivity contribution in [1.29, 1.82) is 5.26 Å². The van der Waals surface area contributed by atoms with E-state index in [0.29, 0.717) is 0 Å². The van der Waals surface area contributed by atoms with Crippen LogP contribution in [0, 0.1) is 14.9 Å². The van der Waals surface area contributed by atoms with Gasteiger partial charge in [-0.05, 0) is 0 Å². The predicted molar refractivity (Wildman–Crippen MR) is 137 cm³/mol. The molecule has 4 aliphatic rings. The van der Waals surface area contributed by atoms with Gasteiger partial charge in [-0.1, -0.05) is 0 Å². The number of rotatable bonds is 1. The molecular formula is C33H23IN3+. The molecule has 0 bridgehead atoms. The first-order chi connectivity index (χ1) is 18.2. The first-order valence-corrected chi connectivity index (χ1v) is 16.9. The van der Waals surface area contributed by atoms with E-state index in [-0.39, 0.29) is 6.97 Å². The number of nitriles is 1. The minimum absolute atomic E-state index is 0.0974. The molecule has 5 aromatic rings. The topological polar surface area (TPSA) is 31.5 Å². The molecule has 3 nitrogen and oxygen atoms in total. The summed E-state index contributed by atoms with van der Waals surface area (Å²) in [4.78, 5) is 0. The third-order valence-corrected chi connectivity index (χ3v) is 22.8. The molecule has 2 aromatic heterocycles. The third kappa shape index (κ3) is 1.90. The van der Waals surface area contributed by atoms with E-state index in [1.54, 1.807) is 3.57 Å². The maximum absolute atomic E-state index is 9.78. The molecule has 37 heavy (non-hydrogen) atoms. The van der Waals surface area contributed by atoms with Gasteiger partial charge in [-0.25, -0.2) is 0 Å². The fourth-order valence-electron chi connectivity index (χ4n) is 7.79. The van der Waals surface area contributed by atoms with Crippen LogP contribution in [0.15, 0.2) is 109 Å². The second kappa shape index (κ2) is 6.35. The first kappa shape index (κ1) is 20.3. The van der Waals surface area contributed by atoms with Crippen LogP contribution in [0.25, 0.3) is 33.6 Å². The average Bonchev–Trinajstić information content (AvgIpc) is 3.34. The molecule has 1 fully saturated rings. The molecule has 2 spiro atoms. The molecule has 0 aliphatic carbocycles. The van der Waals surface area contributed by atoms with Crippen molar-refractivity contribution in [2.75, 3.05) is 0 Å². The Morgan fingerprint density at radius 2 is 1.57 bits per heavy atom. The predicted octanol–water partition coefficient (Wildman–Crippen LogP) is 2.39. The Balaban J connectivity index is 1.39. The molecule has 1 saturated heterocycles. The normalized spacial score (nSPS) is 27.9. The van der Waals surface area contributed by atoms with Gasteiger partial charge in [0.1, 0.15) is 0 Å². The van der Waals surface area contributed by atoms with Crippen molar-refractivity contribution in [2.24, 2.45) is 0 Å². The van der Waals surface area contributed by atoms with Crippen LogP contribution in [0.4, 0.5) is 0 Å². The molecule has 4 aliphatic heterocycles.